The first-order valence-corrected chi connectivity index (χ1v) is 20.9. The molecule has 25 heavy (non-hydrogen) atoms. The molecule has 0 aromatic heterocycles. The van der Waals surface area contributed by atoms with Crippen LogP contribution in [0.2, 0.25) is 0 Å². The monoisotopic (exact) mass is 532 g/mol. The van der Waals surface area contributed by atoms with Gasteiger partial charge in [0.05, 0.1) is 0 Å². The average Bonchev–Trinajstić information content (AvgIpc) is 2.47. The van der Waals surface area contributed by atoms with Gasteiger partial charge in [0, 0.05) is 0 Å². The lowest BCUT2D eigenvalue weighted by molar-refractivity contribution is 0.0646. The Balaban J connectivity index is 1.51. The first kappa shape index (κ1) is 18.6. The van der Waals surface area contributed by atoms with E-state index in [1.165, 1.54) is 0 Å². The van der Waals surface area contributed by atoms with Crippen molar-refractivity contribution in [3.63, 3.8) is 0 Å². The zero-order valence-electron chi connectivity index (χ0n) is 12.1. The molecule has 8 bridgehead atoms. The van der Waals surface area contributed by atoms with Crippen molar-refractivity contribution in [1.29, 1.82) is 0 Å². The molecule has 5 heterocycles. The third-order valence-electron chi connectivity index (χ3n) is 3.09. The van der Waals surface area contributed by atoms with Gasteiger partial charge < -0.3 is 62.4 Å². The van der Waals surface area contributed by atoms with E-state index in [-0.39, 0.29) is 0 Å². The van der Waals surface area contributed by atoms with E-state index >= 15 is 0 Å². The highest BCUT2D eigenvalue weighted by molar-refractivity contribution is 6.79. The molecule has 5 saturated heterocycles. The normalized spacial score (nSPS) is 54.4. The molecule has 0 aliphatic carbocycles. The van der Waals surface area contributed by atoms with E-state index in [0.717, 1.165) is 0 Å². The van der Waals surface area contributed by atoms with Crippen molar-refractivity contribution in [1.82, 2.24) is 0 Å². The van der Waals surface area contributed by atoms with Crippen LogP contribution in [-0.2, 0) is 57.6 Å². The molecule has 5 fully saturated rings. The molecule has 142 valence electrons. The predicted octanol–water partition coefficient (Wildman–Crippen LogP) is -8.27. The van der Waals surface area contributed by atoms with Gasteiger partial charge in [-0.3, -0.25) is 0 Å². The van der Waals surface area contributed by atoms with Crippen molar-refractivity contribution in [3.8, 4) is 0 Å². The van der Waals surface area contributed by atoms with Gasteiger partial charge in [-0.05, 0) is 0 Å². The van der Waals surface area contributed by atoms with E-state index in [9.17, 15) is 4.80 Å². The molecule has 9 atom stereocenters. The van der Waals surface area contributed by atoms with Crippen LogP contribution in [0.3, 0.4) is 0 Å². The summed E-state index contributed by atoms with van der Waals surface area (Å²) in [4.78, 5) is 10.0. The molecular weight excluding hydrogens is 521 g/mol. The Kier molecular flexibility index (Phi) is 6.05. The molecule has 0 aromatic rings. The number of rotatable bonds is 0. The standard InChI is InChI=1S/H12O15Si10/c1-17-4-20-6-18-2-16-3-19-8-22(7-18)13-25-14-23(9-19)11-21(5-17)12-24(10-20)15-25/h1,17-25H,16H2. The SMILES string of the molecule is O[SiH]1O[SiH]2O[SiH]3O[SiH2]O[SiH]4O[SiH](O3)O[SiH]3O[SiH](O4)O[SiH](O1)O[SiH](O2)O3. The van der Waals surface area contributed by atoms with E-state index in [4.69, 9.17) is 57.6 Å². The molecule has 9 unspecified atom stereocenters. The van der Waals surface area contributed by atoms with Gasteiger partial charge in [0.25, 0.3) is 10.0 Å². The molecular formula is H12O15Si10. The minimum absolute atomic E-state index is 1.46. The molecule has 0 amide bonds. The van der Waals surface area contributed by atoms with Gasteiger partial charge in [0.1, 0.15) is 0 Å². The highest BCUT2D eigenvalue weighted by Crippen LogP contribution is 2.21. The van der Waals surface area contributed by atoms with E-state index in [1.54, 1.807) is 0 Å². The van der Waals surface area contributed by atoms with Crippen molar-refractivity contribution in [2.24, 2.45) is 0 Å². The van der Waals surface area contributed by atoms with Gasteiger partial charge >= 0.3 is 85.7 Å². The van der Waals surface area contributed by atoms with Crippen LogP contribution in [0.5, 0.6) is 0 Å². The Hall–Kier alpha value is 1.57. The second-order valence-corrected chi connectivity index (χ2v) is 25.9. The number of fused-ring (bicyclic) bond motifs is 5. The van der Waals surface area contributed by atoms with Crippen molar-refractivity contribution >= 4 is 95.8 Å². The second-order valence-electron chi connectivity index (χ2n) is 4.70. The Morgan fingerprint density at radius 2 is 0.680 bits per heavy atom. The smallest absolute Gasteiger partial charge is 0.401 e. The van der Waals surface area contributed by atoms with Crippen LogP contribution >= 0.6 is 0 Å². The summed E-state index contributed by atoms with van der Waals surface area (Å²) < 4.78 is 79.5. The fourth-order valence-electron chi connectivity index (χ4n) is 2.08. The van der Waals surface area contributed by atoms with Gasteiger partial charge in [-0.2, -0.15) is 0 Å². The first-order chi connectivity index (χ1) is 12.2. The molecule has 0 radical (unpaired) electrons. The van der Waals surface area contributed by atoms with Gasteiger partial charge in [-0.25, -0.2) is 0 Å². The lowest BCUT2D eigenvalue weighted by Crippen LogP contribution is -2.64. The fraction of sp³-hybridized carbons (Fsp3) is 0. The summed E-state index contributed by atoms with van der Waals surface area (Å²) in [5, 5.41) is 0. The van der Waals surface area contributed by atoms with Crippen LogP contribution in [0.4, 0.5) is 0 Å². The Labute approximate surface area is 158 Å². The Morgan fingerprint density at radius 3 is 1.04 bits per heavy atom. The van der Waals surface area contributed by atoms with Crippen LogP contribution in [-0.4, -0.2) is 101 Å². The van der Waals surface area contributed by atoms with Gasteiger partial charge in [-0.1, -0.05) is 0 Å². The van der Waals surface area contributed by atoms with Crippen molar-refractivity contribution in [2.45, 2.75) is 0 Å². The maximum Gasteiger partial charge on any atom is 0.466 e. The van der Waals surface area contributed by atoms with Gasteiger partial charge in [-0.15, -0.1) is 0 Å². The van der Waals surface area contributed by atoms with Crippen LogP contribution in [0.15, 0.2) is 0 Å². The zero-order valence-corrected chi connectivity index (χ0v) is 23.9. The third kappa shape index (κ3) is 4.60. The molecule has 25 heteroatoms. The van der Waals surface area contributed by atoms with Crippen molar-refractivity contribution < 1.29 is 62.4 Å². The highest BCUT2D eigenvalue weighted by Gasteiger charge is 2.51. The lowest BCUT2D eigenvalue weighted by atomic mass is 15.5. The molecule has 5 aliphatic heterocycles. The van der Waals surface area contributed by atoms with E-state index in [2.05, 4.69) is 0 Å². The minimum atomic E-state index is -3.08. The van der Waals surface area contributed by atoms with E-state index in [0.29, 0.717) is 0 Å². The molecule has 0 saturated carbocycles. The summed E-state index contributed by atoms with van der Waals surface area (Å²) >= 11 is 0. The maximum atomic E-state index is 10.0. The van der Waals surface area contributed by atoms with Crippen molar-refractivity contribution in [2.75, 3.05) is 0 Å². The Bertz CT molecular complexity index is 464. The third-order valence-corrected chi connectivity index (χ3v) is 27.8. The second kappa shape index (κ2) is 8.13. The summed E-state index contributed by atoms with van der Waals surface area (Å²) in [6, 6.07) is 0. The quantitative estimate of drug-likeness (QED) is 0.294. The number of hydrogen-bond donors (Lipinski definition) is 1. The molecule has 5 aliphatic rings. The maximum absolute atomic E-state index is 10.0. The summed E-state index contributed by atoms with van der Waals surface area (Å²) in [7, 11) is -26.6. The van der Waals surface area contributed by atoms with Crippen LogP contribution in [0, 0.1) is 0 Å². The molecule has 0 aromatic carbocycles. The average molecular weight is 533 g/mol. The van der Waals surface area contributed by atoms with E-state index in [1.807, 2.05) is 0 Å². The predicted molar refractivity (Wildman–Crippen MR) is 90.3 cm³/mol. The topological polar surface area (TPSA) is 149 Å². The first-order valence-electron chi connectivity index (χ1n) is 6.96. The Morgan fingerprint density at radius 1 is 0.400 bits per heavy atom. The molecule has 15 nitrogen and oxygen atoms in total. The highest BCUT2D eigenvalue weighted by atomic mass is 28.6. The van der Waals surface area contributed by atoms with Crippen LogP contribution < -0.4 is 0 Å². The summed E-state index contributed by atoms with van der Waals surface area (Å²) in [5.74, 6) is 0. The van der Waals surface area contributed by atoms with Gasteiger partial charge in [0.2, 0.25) is 0 Å². The number of hydrogen-bond acceptors (Lipinski definition) is 15. The minimum Gasteiger partial charge on any atom is -0.401 e. The largest absolute Gasteiger partial charge is 0.466 e. The summed E-state index contributed by atoms with van der Waals surface area (Å²) in [6.07, 6.45) is 0. The van der Waals surface area contributed by atoms with Crippen LogP contribution in [0.1, 0.15) is 0 Å². The molecule has 5 rings (SSSR count). The van der Waals surface area contributed by atoms with Crippen molar-refractivity contribution in [3.05, 3.63) is 0 Å². The molecule has 0 spiro atoms. The fourth-order valence-corrected chi connectivity index (χ4v) is 34.4. The van der Waals surface area contributed by atoms with Gasteiger partial charge in [0.15, 0.2) is 0 Å². The van der Waals surface area contributed by atoms with Crippen LogP contribution in [0.25, 0.3) is 0 Å². The zero-order chi connectivity index (χ0) is 16.8. The summed E-state index contributed by atoms with van der Waals surface area (Å²) in [6.45, 7) is 0. The lowest BCUT2D eigenvalue weighted by Gasteiger charge is -2.41. The summed E-state index contributed by atoms with van der Waals surface area (Å²) in [5.41, 5.74) is 0. The molecule has 1 N–H and O–H groups in total. The van der Waals surface area contributed by atoms with E-state index < -0.39 is 95.8 Å².